The first kappa shape index (κ1) is 7.45. The molecule has 66 valence electrons. The summed E-state index contributed by atoms with van der Waals surface area (Å²) in [5.41, 5.74) is 0. The summed E-state index contributed by atoms with van der Waals surface area (Å²) < 4.78 is 7.22. The van der Waals surface area contributed by atoms with Crippen LogP contribution < -0.4 is 5.31 Å². The summed E-state index contributed by atoms with van der Waals surface area (Å²) in [6, 6.07) is -0.816. The number of hydrogen-bond donors (Lipinski definition) is 5. The first-order chi connectivity index (χ1) is 5.57. The molecule has 0 amide bonds. The lowest BCUT2D eigenvalue weighted by Gasteiger charge is -2.34. The lowest BCUT2D eigenvalue weighted by molar-refractivity contribution is -0.101. The number of piperidine rings is 1. The lowest BCUT2D eigenvalue weighted by Crippen LogP contribution is -2.60. The van der Waals surface area contributed by atoms with E-state index in [1.807, 2.05) is 0 Å². The van der Waals surface area contributed by atoms with Gasteiger partial charge in [-0.05, 0) is 0 Å². The van der Waals surface area contributed by atoms with Crippen molar-refractivity contribution in [3.8, 4) is 0 Å². The normalized spacial score (nSPS) is 48.9. The van der Waals surface area contributed by atoms with Gasteiger partial charge in [-0.2, -0.15) is 0 Å². The molecule has 5 heteroatoms. The van der Waals surface area contributed by atoms with Gasteiger partial charge < -0.3 is 25.7 Å². The zero-order chi connectivity index (χ0) is 9.30. The second kappa shape index (κ2) is 3.46. The highest BCUT2D eigenvalue weighted by molar-refractivity contribution is 4.91. The molecule has 4 atom stereocenters. The molecule has 0 aromatic carbocycles. The Bertz CT molecular complexity index is 158. The van der Waals surface area contributed by atoms with Gasteiger partial charge in [0.15, 0.2) is 0 Å². The number of nitrogens with one attached hydrogen (secondary N) is 1. The quantitative estimate of drug-likeness (QED) is 0.285. The minimum absolute atomic E-state index is 0.0660. The minimum atomic E-state index is -1.27. The molecule has 0 saturated carbocycles. The van der Waals surface area contributed by atoms with E-state index in [0.29, 0.717) is 0 Å². The Hall–Kier alpha value is -0.200. The van der Waals surface area contributed by atoms with Gasteiger partial charge in [-0.1, -0.05) is 0 Å². The molecule has 1 saturated heterocycles. The molecule has 1 heterocycles. The molecule has 5 nitrogen and oxygen atoms in total. The van der Waals surface area contributed by atoms with E-state index in [1.54, 1.807) is 0 Å². The molecule has 0 aromatic heterocycles. The zero-order valence-electron chi connectivity index (χ0n) is 6.96. The zero-order valence-corrected chi connectivity index (χ0v) is 5.96. The van der Waals surface area contributed by atoms with Gasteiger partial charge >= 0.3 is 0 Å². The van der Waals surface area contributed by atoms with Crippen molar-refractivity contribution < 1.29 is 21.8 Å². The van der Waals surface area contributed by atoms with Crippen LogP contribution in [-0.4, -0.2) is 57.9 Å². The summed E-state index contributed by atoms with van der Waals surface area (Å²) >= 11 is 0. The van der Waals surface area contributed by atoms with E-state index in [2.05, 4.69) is 0 Å². The maximum absolute atomic E-state index is 9.25. The van der Waals surface area contributed by atoms with Crippen LogP contribution in [-0.2, 0) is 0 Å². The molecule has 11 heavy (non-hydrogen) atoms. The van der Waals surface area contributed by atoms with Crippen LogP contribution in [0.15, 0.2) is 0 Å². The largest absolute Gasteiger partial charge is 0.395 e. The van der Waals surface area contributed by atoms with Crippen molar-refractivity contribution in [2.24, 2.45) is 0 Å². The number of aliphatic hydroxyl groups excluding tert-OH is 4. The number of hydrogen-bond acceptors (Lipinski definition) is 5. The van der Waals surface area contributed by atoms with Gasteiger partial charge in [0.1, 0.15) is 7.52 Å². The maximum Gasteiger partial charge on any atom is 0.123 e. The molecule has 5 N–H and O–H groups in total. The lowest BCUT2D eigenvalue weighted by atomic mass is 9.97. The third-order valence-electron chi connectivity index (χ3n) is 1.85. The Kier molecular flexibility index (Phi) is 2.35. The van der Waals surface area contributed by atoms with Crippen LogP contribution >= 0.6 is 0 Å². The molecule has 0 unspecified atom stereocenters. The summed E-state index contributed by atoms with van der Waals surface area (Å²) in [6.07, 6.45) is -3.67. The van der Waals surface area contributed by atoms with Crippen molar-refractivity contribution in [3.63, 3.8) is 0 Å². The van der Waals surface area contributed by atoms with Crippen LogP contribution in [0, 0.1) is 0 Å². The van der Waals surface area contributed by atoms with Gasteiger partial charge in [0.25, 0.3) is 0 Å². The molecule has 1 fully saturated rings. The number of β-amino-alcohol motifs (C(OH)–C–C–N with tert-alkyl or cyclic N) is 1. The van der Waals surface area contributed by atoms with E-state index in [1.165, 1.54) is 0 Å². The van der Waals surface area contributed by atoms with Crippen LogP contribution in [0.2, 0.25) is 1.41 Å². The molecule has 1 aliphatic rings. The summed E-state index contributed by atoms with van der Waals surface area (Å²) in [5, 5.41) is 37.1. The SMILES string of the molecule is [2H]N1C[C@@H](O)[C@@H](O)[C@H](O)[C@H]1CO. The molecule has 0 aliphatic carbocycles. The molecular weight excluding hydrogens is 150 g/mol. The Labute approximate surface area is 65.7 Å². The van der Waals surface area contributed by atoms with E-state index in [0.717, 1.165) is 5.31 Å². The molecule has 0 spiro atoms. The average Bonchev–Trinajstić information content (AvgIpc) is 2.01. The Morgan fingerprint density at radius 1 is 1.36 bits per heavy atom. The molecule has 0 aromatic rings. The summed E-state index contributed by atoms with van der Waals surface area (Å²) in [4.78, 5) is 0. The minimum Gasteiger partial charge on any atom is -0.395 e. The van der Waals surface area contributed by atoms with Crippen LogP contribution in [0.3, 0.4) is 0 Å². The third-order valence-corrected chi connectivity index (χ3v) is 1.85. The van der Waals surface area contributed by atoms with E-state index in [9.17, 15) is 5.11 Å². The van der Waals surface area contributed by atoms with Crippen LogP contribution in [0.1, 0.15) is 0 Å². The second-order valence-electron chi connectivity index (χ2n) is 2.66. The summed E-state index contributed by atoms with van der Waals surface area (Å²) in [6.45, 7) is -0.474. The summed E-state index contributed by atoms with van der Waals surface area (Å²) in [7, 11) is 0. The van der Waals surface area contributed by atoms with Crippen LogP contribution in [0.4, 0.5) is 0 Å². The predicted octanol–water partition coefficient (Wildman–Crippen LogP) is -2.97. The highest BCUT2D eigenvalue weighted by Gasteiger charge is 2.35. The summed E-state index contributed by atoms with van der Waals surface area (Å²) in [5.74, 6) is 0. The average molecular weight is 164 g/mol. The van der Waals surface area contributed by atoms with Crippen molar-refractivity contribution in [3.05, 3.63) is 0 Å². The molecule has 1 aliphatic heterocycles. The third kappa shape index (κ3) is 1.69. The monoisotopic (exact) mass is 164 g/mol. The van der Waals surface area contributed by atoms with Crippen molar-refractivity contribution in [1.29, 1.82) is 0 Å². The maximum atomic E-state index is 9.25. The van der Waals surface area contributed by atoms with Gasteiger partial charge in [0.2, 0.25) is 0 Å². The predicted molar refractivity (Wildman–Crippen MR) is 36.9 cm³/mol. The standard InChI is InChI=1S/C6H13NO4/c8-2-3-5(10)6(11)4(9)1-7-3/h3-11H,1-2H2/t3-,4-,5-,6-/m1/s1/i/hD. The van der Waals surface area contributed by atoms with Gasteiger partial charge in [-0.15, -0.1) is 0 Å². The molecule has 0 radical (unpaired) electrons. The number of rotatable bonds is 1. The van der Waals surface area contributed by atoms with Crippen LogP contribution in [0.5, 0.6) is 0 Å². The second-order valence-corrected chi connectivity index (χ2v) is 2.66. The molecule has 0 bridgehead atoms. The number of aliphatic hydroxyl groups is 4. The smallest absolute Gasteiger partial charge is 0.123 e. The van der Waals surface area contributed by atoms with E-state index in [-0.39, 0.29) is 6.54 Å². The van der Waals surface area contributed by atoms with Gasteiger partial charge in [-0.3, -0.25) is 0 Å². The Morgan fingerprint density at radius 2 is 2.00 bits per heavy atom. The Morgan fingerprint density at radius 3 is 2.55 bits per heavy atom. The first-order valence-electron chi connectivity index (χ1n) is 3.93. The fourth-order valence-electron chi connectivity index (χ4n) is 1.08. The van der Waals surface area contributed by atoms with E-state index >= 15 is 0 Å². The fourth-order valence-corrected chi connectivity index (χ4v) is 1.08. The highest BCUT2D eigenvalue weighted by atomic mass is 16.4. The first-order valence-corrected chi connectivity index (χ1v) is 3.48. The van der Waals surface area contributed by atoms with Gasteiger partial charge in [-0.25, -0.2) is 0 Å². The van der Waals surface area contributed by atoms with Crippen molar-refractivity contribution in [2.75, 3.05) is 13.2 Å². The Balaban J connectivity index is 2.65. The van der Waals surface area contributed by atoms with Crippen LogP contribution in [0.25, 0.3) is 0 Å². The fraction of sp³-hybridized carbons (Fsp3) is 1.00. The van der Waals surface area contributed by atoms with E-state index < -0.39 is 31.0 Å². The van der Waals surface area contributed by atoms with E-state index in [4.69, 9.17) is 16.7 Å². The van der Waals surface area contributed by atoms with Gasteiger partial charge in [0.05, 0.1) is 24.9 Å². The van der Waals surface area contributed by atoms with Crippen molar-refractivity contribution in [2.45, 2.75) is 24.4 Å². The van der Waals surface area contributed by atoms with Crippen molar-refractivity contribution >= 4 is 0 Å². The van der Waals surface area contributed by atoms with Gasteiger partial charge in [0, 0.05) is 6.54 Å². The topological polar surface area (TPSA) is 93.0 Å². The van der Waals surface area contributed by atoms with Crippen molar-refractivity contribution in [1.82, 2.24) is 5.31 Å². The molecular formula is C6H13NO4. The highest BCUT2D eigenvalue weighted by Crippen LogP contribution is 2.09. The molecule has 1 rings (SSSR count).